The van der Waals surface area contributed by atoms with Gasteiger partial charge in [-0.3, -0.25) is 4.79 Å². The van der Waals surface area contributed by atoms with Crippen LogP contribution in [0, 0.1) is 0 Å². The molecular weight excluding hydrogens is 423 g/mol. The van der Waals surface area contributed by atoms with Gasteiger partial charge in [0.1, 0.15) is 11.4 Å². The average Bonchev–Trinajstić information content (AvgIpc) is 2.92. The molecule has 8 nitrogen and oxygen atoms in total. The summed E-state index contributed by atoms with van der Waals surface area (Å²) in [4.78, 5) is 28.5. The fourth-order valence-electron chi connectivity index (χ4n) is 3.78. The molecule has 2 fully saturated rings. The summed E-state index contributed by atoms with van der Waals surface area (Å²) in [5.41, 5.74) is -0.558. The van der Waals surface area contributed by atoms with Crippen molar-refractivity contribution in [1.29, 1.82) is 0 Å². The Balaban J connectivity index is 1.54. The van der Waals surface area contributed by atoms with Gasteiger partial charge in [-0.15, -0.1) is 0 Å². The second-order valence-electron chi connectivity index (χ2n) is 10.8. The van der Waals surface area contributed by atoms with Crippen LogP contribution in [0.15, 0.2) is 24.3 Å². The predicted octanol–water partition coefficient (Wildman–Crippen LogP) is 2.83. The molecule has 2 aliphatic heterocycles. The first-order chi connectivity index (χ1) is 15.2. The number of ether oxygens (including phenoxy) is 2. The molecule has 3 rings (SSSR count). The normalized spacial score (nSPS) is 22.3. The van der Waals surface area contributed by atoms with Crippen LogP contribution >= 0.6 is 0 Å². The van der Waals surface area contributed by atoms with Gasteiger partial charge in [-0.1, -0.05) is 12.1 Å². The van der Waals surface area contributed by atoms with Gasteiger partial charge >= 0.3 is 13.2 Å². The van der Waals surface area contributed by atoms with E-state index in [9.17, 15) is 9.59 Å². The van der Waals surface area contributed by atoms with Crippen molar-refractivity contribution in [2.24, 2.45) is 0 Å². The first-order valence-corrected chi connectivity index (χ1v) is 11.5. The number of nitrogens with zero attached hydrogens (tertiary/aromatic N) is 2. The highest BCUT2D eigenvalue weighted by Crippen LogP contribution is 2.36. The molecule has 0 aliphatic carbocycles. The van der Waals surface area contributed by atoms with E-state index in [1.54, 1.807) is 9.80 Å². The third-order valence-electron chi connectivity index (χ3n) is 6.35. The van der Waals surface area contributed by atoms with Crippen molar-refractivity contribution in [3.05, 3.63) is 24.3 Å². The molecule has 1 atom stereocenters. The molecule has 2 heterocycles. The maximum absolute atomic E-state index is 12.8. The number of carbonyl (C=O) groups is 2. The van der Waals surface area contributed by atoms with Gasteiger partial charge in [-0.25, -0.2) is 4.79 Å². The standard InChI is InChI=1S/C24H37BN2O6/c1-17-15-26(21(29)31-22(2,3)4)12-13-27(17)20(28)16-30-19-11-9-10-18(14-19)25-32-23(5,6)24(7,8)33-25/h9-11,14,17H,12-13,15-16H2,1-8H3/t17-/m1/s1. The van der Waals surface area contributed by atoms with Crippen LogP contribution in [0.1, 0.15) is 55.4 Å². The van der Waals surface area contributed by atoms with Crippen LogP contribution in [0.2, 0.25) is 0 Å². The quantitative estimate of drug-likeness (QED) is 0.644. The van der Waals surface area contributed by atoms with Crippen molar-refractivity contribution in [2.45, 2.75) is 78.2 Å². The van der Waals surface area contributed by atoms with Crippen LogP contribution in [0.4, 0.5) is 4.79 Å². The molecule has 2 amide bonds. The average molecular weight is 460 g/mol. The van der Waals surface area contributed by atoms with Crippen molar-refractivity contribution < 1.29 is 28.4 Å². The van der Waals surface area contributed by atoms with Gasteiger partial charge in [-0.2, -0.15) is 0 Å². The Bertz CT molecular complexity index is 866. The van der Waals surface area contributed by atoms with E-state index in [0.29, 0.717) is 25.4 Å². The Hall–Kier alpha value is -2.26. The fourth-order valence-corrected chi connectivity index (χ4v) is 3.78. The zero-order chi connectivity index (χ0) is 24.6. The first-order valence-electron chi connectivity index (χ1n) is 11.5. The van der Waals surface area contributed by atoms with Gasteiger partial charge in [0.2, 0.25) is 0 Å². The van der Waals surface area contributed by atoms with Gasteiger partial charge in [0.05, 0.1) is 11.2 Å². The van der Waals surface area contributed by atoms with Crippen molar-refractivity contribution in [1.82, 2.24) is 9.80 Å². The minimum atomic E-state index is -0.546. The molecule has 9 heteroatoms. The molecule has 2 aliphatic rings. The third kappa shape index (κ3) is 6.01. The van der Waals surface area contributed by atoms with Crippen LogP contribution in [-0.2, 0) is 18.8 Å². The molecule has 2 saturated heterocycles. The highest BCUT2D eigenvalue weighted by molar-refractivity contribution is 6.62. The predicted molar refractivity (Wildman–Crippen MR) is 127 cm³/mol. The molecule has 1 aromatic rings. The number of hydrogen-bond donors (Lipinski definition) is 0. The fraction of sp³-hybridized carbons (Fsp3) is 0.667. The van der Waals surface area contributed by atoms with Gasteiger partial charge in [0, 0.05) is 25.7 Å². The SMILES string of the molecule is C[C@@H]1CN(C(=O)OC(C)(C)C)CCN1C(=O)COc1cccc(B2OC(C)(C)C(C)(C)O2)c1. The van der Waals surface area contributed by atoms with Crippen molar-refractivity contribution in [3.63, 3.8) is 0 Å². The van der Waals surface area contributed by atoms with Crippen LogP contribution in [-0.4, -0.2) is 78.0 Å². The Labute approximate surface area is 197 Å². The van der Waals surface area contributed by atoms with Crippen LogP contribution in [0.5, 0.6) is 5.75 Å². The number of hydrogen-bond acceptors (Lipinski definition) is 6. The lowest BCUT2D eigenvalue weighted by molar-refractivity contribution is -0.137. The second-order valence-corrected chi connectivity index (χ2v) is 10.8. The van der Waals surface area contributed by atoms with Crippen molar-refractivity contribution in [3.8, 4) is 5.75 Å². The Morgan fingerprint density at radius 3 is 2.33 bits per heavy atom. The first kappa shape index (κ1) is 25.4. The maximum Gasteiger partial charge on any atom is 0.494 e. The zero-order valence-corrected chi connectivity index (χ0v) is 21.1. The highest BCUT2D eigenvalue weighted by Gasteiger charge is 2.51. The summed E-state index contributed by atoms with van der Waals surface area (Å²) < 4.78 is 23.5. The van der Waals surface area contributed by atoms with E-state index < -0.39 is 23.9 Å². The smallest absolute Gasteiger partial charge is 0.484 e. The van der Waals surface area contributed by atoms with E-state index in [2.05, 4.69) is 0 Å². The summed E-state index contributed by atoms with van der Waals surface area (Å²) in [5, 5.41) is 0. The molecular formula is C24H37BN2O6. The Morgan fingerprint density at radius 1 is 1.12 bits per heavy atom. The molecule has 0 N–H and O–H groups in total. The van der Waals surface area contributed by atoms with Crippen LogP contribution in [0.25, 0.3) is 0 Å². The molecule has 0 unspecified atom stereocenters. The molecule has 0 saturated carbocycles. The monoisotopic (exact) mass is 460 g/mol. The second kappa shape index (κ2) is 9.18. The van der Waals surface area contributed by atoms with Crippen molar-refractivity contribution in [2.75, 3.05) is 26.2 Å². The van der Waals surface area contributed by atoms with Gasteiger partial charge in [-0.05, 0) is 73.0 Å². The number of benzene rings is 1. The van der Waals surface area contributed by atoms with E-state index in [1.165, 1.54) is 0 Å². The number of amides is 2. The minimum absolute atomic E-state index is 0.0798. The molecule has 0 spiro atoms. The molecule has 33 heavy (non-hydrogen) atoms. The van der Waals surface area contributed by atoms with E-state index in [0.717, 1.165) is 5.46 Å². The van der Waals surface area contributed by atoms with E-state index in [-0.39, 0.29) is 24.6 Å². The lowest BCUT2D eigenvalue weighted by Gasteiger charge is -2.40. The molecule has 0 radical (unpaired) electrons. The number of rotatable bonds is 4. The Kier molecular flexibility index (Phi) is 7.06. The van der Waals surface area contributed by atoms with Gasteiger partial charge in [0.15, 0.2) is 6.61 Å². The summed E-state index contributed by atoms with van der Waals surface area (Å²) in [7, 11) is -0.491. The lowest BCUT2D eigenvalue weighted by Crippen LogP contribution is -2.57. The summed E-state index contributed by atoms with van der Waals surface area (Å²) in [5.74, 6) is 0.461. The van der Waals surface area contributed by atoms with Gasteiger partial charge < -0.3 is 28.6 Å². The lowest BCUT2D eigenvalue weighted by atomic mass is 9.79. The maximum atomic E-state index is 12.8. The number of piperazine rings is 1. The largest absolute Gasteiger partial charge is 0.494 e. The van der Waals surface area contributed by atoms with Crippen molar-refractivity contribution >= 4 is 24.6 Å². The summed E-state index contributed by atoms with van der Waals surface area (Å²) in [6, 6.07) is 7.32. The molecule has 1 aromatic carbocycles. The third-order valence-corrected chi connectivity index (χ3v) is 6.35. The van der Waals surface area contributed by atoms with Crippen LogP contribution in [0.3, 0.4) is 0 Å². The molecule has 182 valence electrons. The number of carbonyl (C=O) groups excluding carboxylic acids is 2. The van der Waals surface area contributed by atoms with E-state index >= 15 is 0 Å². The summed E-state index contributed by atoms with van der Waals surface area (Å²) in [6.07, 6.45) is -0.350. The molecule has 0 aromatic heterocycles. The summed E-state index contributed by atoms with van der Waals surface area (Å²) in [6.45, 7) is 16.7. The van der Waals surface area contributed by atoms with E-state index in [1.807, 2.05) is 79.7 Å². The van der Waals surface area contributed by atoms with Crippen LogP contribution < -0.4 is 10.2 Å². The summed E-state index contributed by atoms with van der Waals surface area (Å²) >= 11 is 0. The highest BCUT2D eigenvalue weighted by atomic mass is 16.7. The van der Waals surface area contributed by atoms with E-state index in [4.69, 9.17) is 18.8 Å². The zero-order valence-electron chi connectivity index (χ0n) is 21.1. The van der Waals surface area contributed by atoms with Gasteiger partial charge in [0.25, 0.3) is 5.91 Å². The molecule has 0 bridgehead atoms. The Morgan fingerprint density at radius 2 is 1.76 bits per heavy atom. The minimum Gasteiger partial charge on any atom is -0.484 e. The topological polar surface area (TPSA) is 77.5 Å².